The Morgan fingerprint density at radius 3 is 2.72 bits per heavy atom. The summed E-state index contributed by atoms with van der Waals surface area (Å²) in [5, 5.41) is -0.180. The van der Waals surface area contributed by atoms with Gasteiger partial charge in [0.2, 0.25) is 0 Å². The maximum absolute atomic E-state index is 13.5. The molecule has 1 aliphatic rings. The third kappa shape index (κ3) is 2.98. The molecule has 5 heteroatoms. The summed E-state index contributed by atoms with van der Waals surface area (Å²) in [6, 6.07) is 3.08. The van der Waals surface area contributed by atoms with Gasteiger partial charge >= 0.3 is 0 Å². The fourth-order valence-electron chi connectivity index (χ4n) is 2.20. The quantitative estimate of drug-likeness (QED) is 0.766. The fourth-order valence-corrected chi connectivity index (χ4v) is 2.98. The number of halogens is 3. The molecule has 0 spiro atoms. The van der Waals surface area contributed by atoms with Crippen molar-refractivity contribution in [2.45, 2.75) is 18.2 Å². The van der Waals surface area contributed by atoms with Crippen molar-refractivity contribution in [2.24, 2.45) is 5.92 Å². The van der Waals surface area contributed by atoms with E-state index in [1.807, 2.05) is 0 Å². The van der Waals surface area contributed by atoms with Crippen LogP contribution < -0.4 is 4.74 Å². The summed E-state index contributed by atoms with van der Waals surface area (Å²) < 4.78 is 24.4. The van der Waals surface area contributed by atoms with Crippen molar-refractivity contribution in [3.05, 3.63) is 28.0 Å². The largest absolute Gasteiger partial charge is 0.496 e. The fraction of sp³-hybridized carbons (Fsp3) is 0.538. The molecule has 0 aliphatic carbocycles. The molecule has 0 N–H and O–H groups in total. The van der Waals surface area contributed by atoms with Gasteiger partial charge in [0.05, 0.1) is 17.0 Å². The summed E-state index contributed by atoms with van der Waals surface area (Å²) in [4.78, 5) is 0. The van der Waals surface area contributed by atoms with Gasteiger partial charge in [-0.15, -0.1) is 11.6 Å². The normalized spacial score (nSPS) is 18.7. The minimum absolute atomic E-state index is 0.180. The van der Waals surface area contributed by atoms with Crippen molar-refractivity contribution in [3.8, 4) is 5.75 Å². The number of hydrogen-bond acceptors (Lipinski definition) is 2. The standard InChI is InChI=1S/C13H15BrClFO2/c1-17-12-7-11(16)10(14)6-9(12)13(15)8-2-4-18-5-3-8/h6-8,13H,2-5H2,1H3. The van der Waals surface area contributed by atoms with Crippen LogP contribution in [0.1, 0.15) is 23.8 Å². The Bertz CT molecular complexity index is 422. The third-order valence-electron chi connectivity index (χ3n) is 3.25. The molecular weight excluding hydrogens is 322 g/mol. The second kappa shape index (κ2) is 6.22. The van der Waals surface area contributed by atoms with Gasteiger partial charge in [-0.05, 0) is 40.8 Å². The molecule has 0 bridgehead atoms. The lowest BCUT2D eigenvalue weighted by atomic mass is 9.91. The van der Waals surface area contributed by atoms with Gasteiger partial charge in [0, 0.05) is 24.8 Å². The minimum Gasteiger partial charge on any atom is -0.496 e. The van der Waals surface area contributed by atoms with E-state index in [-0.39, 0.29) is 11.2 Å². The highest BCUT2D eigenvalue weighted by atomic mass is 79.9. The smallest absolute Gasteiger partial charge is 0.141 e. The van der Waals surface area contributed by atoms with E-state index in [0.29, 0.717) is 16.1 Å². The maximum Gasteiger partial charge on any atom is 0.141 e. The Morgan fingerprint density at radius 2 is 2.11 bits per heavy atom. The van der Waals surface area contributed by atoms with Crippen LogP contribution in [0.4, 0.5) is 4.39 Å². The molecule has 1 atom stereocenters. The molecule has 0 amide bonds. The number of alkyl halides is 1. The Hall–Kier alpha value is -0.320. The Morgan fingerprint density at radius 1 is 1.44 bits per heavy atom. The van der Waals surface area contributed by atoms with E-state index in [0.717, 1.165) is 31.6 Å². The Kier molecular flexibility index (Phi) is 4.87. The molecule has 1 unspecified atom stereocenters. The second-order valence-electron chi connectivity index (χ2n) is 4.36. The van der Waals surface area contributed by atoms with Crippen LogP contribution in [0.5, 0.6) is 5.75 Å². The number of ether oxygens (including phenoxy) is 2. The van der Waals surface area contributed by atoms with E-state index < -0.39 is 0 Å². The first-order chi connectivity index (χ1) is 8.63. The Balaban J connectivity index is 2.27. The van der Waals surface area contributed by atoms with Crippen LogP contribution in [-0.2, 0) is 4.74 Å². The lowest BCUT2D eigenvalue weighted by Gasteiger charge is -2.27. The van der Waals surface area contributed by atoms with Crippen molar-refractivity contribution in [1.82, 2.24) is 0 Å². The number of benzene rings is 1. The van der Waals surface area contributed by atoms with Crippen molar-refractivity contribution >= 4 is 27.5 Å². The zero-order valence-corrected chi connectivity index (χ0v) is 12.4. The predicted molar refractivity (Wildman–Crippen MR) is 72.8 cm³/mol. The van der Waals surface area contributed by atoms with E-state index in [2.05, 4.69) is 15.9 Å². The molecule has 1 aromatic rings. The van der Waals surface area contributed by atoms with Gasteiger partial charge in [-0.25, -0.2) is 4.39 Å². The molecule has 1 fully saturated rings. The van der Waals surface area contributed by atoms with Crippen molar-refractivity contribution in [3.63, 3.8) is 0 Å². The highest BCUT2D eigenvalue weighted by Crippen LogP contribution is 2.41. The average molecular weight is 338 g/mol. The number of rotatable bonds is 3. The second-order valence-corrected chi connectivity index (χ2v) is 5.68. The van der Waals surface area contributed by atoms with E-state index in [1.54, 1.807) is 6.07 Å². The lowest BCUT2D eigenvalue weighted by molar-refractivity contribution is 0.0649. The molecule has 18 heavy (non-hydrogen) atoms. The molecule has 1 aromatic carbocycles. The number of hydrogen-bond donors (Lipinski definition) is 0. The molecule has 100 valence electrons. The van der Waals surface area contributed by atoms with Crippen LogP contribution in [0.25, 0.3) is 0 Å². The summed E-state index contributed by atoms with van der Waals surface area (Å²) in [5.41, 5.74) is 0.833. The van der Waals surface area contributed by atoms with Crippen LogP contribution >= 0.6 is 27.5 Å². The molecular formula is C13H15BrClFO2. The van der Waals surface area contributed by atoms with Crippen molar-refractivity contribution in [1.29, 1.82) is 0 Å². The average Bonchev–Trinajstić information content (AvgIpc) is 2.41. The zero-order valence-electron chi connectivity index (χ0n) is 10.1. The molecule has 0 aromatic heterocycles. The third-order valence-corrected chi connectivity index (χ3v) is 4.45. The van der Waals surface area contributed by atoms with Crippen LogP contribution in [0.15, 0.2) is 16.6 Å². The predicted octanol–water partition coefficient (Wildman–Crippen LogP) is 4.30. The first kappa shape index (κ1) is 14.1. The zero-order chi connectivity index (χ0) is 13.1. The first-order valence-corrected chi connectivity index (χ1v) is 7.11. The van der Waals surface area contributed by atoms with E-state index in [4.69, 9.17) is 21.1 Å². The van der Waals surface area contributed by atoms with Crippen LogP contribution in [-0.4, -0.2) is 20.3 Å². The molecule has 1 saturated heterocycles. The van der Waals surface area contributed by atoms with Gasteiger partial charge in [-0.1, -0.05) is 0 Å². The van der Waals surface area contributed by atoms with Gasteiger partial charge in [0.25, 0.3) is 0 Å². The van der Waals surface area contributed by atoms with Crippen LogP contribution in [0.2, 0.25) is 0 Å². The molecule has 2 rings (SSSR count). The molecule has 1 heterocycles. The highest BCUT2D eigenvalue weighted by Gasteiger charge is 2.26. The summed E-state index contributed by atoms with van der Waals surface area (Å²) in [5.74, 6) is 0.500. The van der Waals surface area contributed by atoms with Gasteiger partial charge < -0.3 is 9.47 Å². The lowest BCUT2D eigenvalue weighted by Crippen LogP contribution is -2.19. The monoisotopic (exact) mass is 336 g/mol. The van der Waals surface area contributed by atoms with Gasteiger partial charge in [-0.2, -0.15) is 0 Å². The summed E-state index contributed by atoms with van der Waals surface area (Å²) in [6.45, 7) is 1.47. The first-order valence-electron chi connectivity index (χ1n) is 5.88. The van der Waals surface area contributed by atoms with Crippen LogP contribution in [0.3, 0.4) is 0 Å². The van der Waals surface area contributed by atoms with Crippen molar-refractivity contribution < 1.29 is 13.9 Å². The Labute approximate surface area is 120 Å². The summed E-state index contributed by atoms with van der Waals surface area (Å²) in [7, 11) is 1.53. The van der Waals surface area contributed by atoms with E-state index in [1.165, 1.54) is 13.2 Å². The SMILES string of the molecule is COc1cc(F)c(Br)cc1C(Cl)C1CCOCC1. The number of methoxy groups -OCH3 is 1. The summed E-state index contributed by atoms with van der Waals surface area (Å²) in [6.07, 6.45) is 1.85. The molecule has 1 aliphatic heterocycles. The van der Waals surface area contributed by atoms with Crippen molar-refractivity contribution in [2.75, 3.05) is 20.3 Å². The summed E-state index contributed by atoms with van der Waals surface area (Å²) >= 11 is 9.70. The van der Waals surface area contributed by atoms with Gasteiger partial charge in [0.1, 0.15) is 11.6 Å². The van der Waals surface area contributed by atoms with Gasteiger partial charge in [0.15, 0.2) is 0 Å². The van der Waals surface area contributed by atoms with Gasteiger partial charge in [-0.3, -0.25) is 0 Å². The maximum atomic E-state index is 13.5. The van der Waals surface area contributed by atoms with E-state index in [9.17, 15) is 4.39 Å². The molecule has 0 radical (unpaired) electrons. The van der Waals surface area contributed by atoms with Crippen LogP contribution in [0, 0.1) is 11.7 Å². The highest BCUT2D eigenvalue weighted by molar-refractivity contribution is 9.10. The minimum atomic E-state index is -0.341. The topological polar surface area (TPSA) is 18.5 Å². The molecule has 2 nitrogen and oxygen atoms in total. The molecule has 0 saturated carbocycles. The van der Waals surface area contributed by atoms with E-state index >= 15 is 0 Å².